The van der Waals surface area contributed by atoms with Crippen molar-refractivity contribution in [2.45, 2.75) is 38.5 Å². The fourth-order valence-electron chi connectivity index (χ4n) is 1.39. The molecular weight excluding hydrogens is 138 g/mol. The van der Waals surface area contributed by atoms with Gasteiger partial charge < -0.3 is 5.32 Å². The second-order valence-corrected chi connectivity index (χ2v) is 3.20. The molecule has 0 atom stereocenters. The maximum Gasteiger partial charge on any atom is 0.132 e. The van der Waals surface area contributed by atoms with Crippen LogP contribution in [0.2, 0.25) is 0 Å². The van der Waals surface area contributed by atoms with Crippen molar-refractivity contribution in [2.24, 2.45) is 0 Å². The molecule has 1 heterocycles. The van der Waals surface area contributed by atoms with Crippen LogP contribution in [-0.2, 0) is 4.79 Å². The molecule has 0 unspecified atom stereocenters. The van der Waals surface area contributed by atoms with E-state index in [2.05, 4.69) is 5.32 Å². The van der Waals surface area contributed by atoms with Gasteiger partial charge in [-0.2, -0.15) is 0 Å². The fourth-order valence-corrected chi connectivity index (χ4v) is 1.39. The van der Waals surface area contributed by atoms with Crippen molar-refractivity contribution in [2.75, 3.05) is 13.1 Å². The minimum absolute atomic E-state index is 0.465. The van der Waals surface area contributed by atoms with Crippen LogP contribution in [0.5, 0.6) is 0 Å². The summed E-state index contributed by atoms with van der Waals surface area (Å²) in [6.45, 7) is 2.18. The van der Waals surface area contributed by atoms with Gasteiger partial charge in [-0.05, 0) is 38.8 Å². The summed E-state index contributed by atoms with van der Waals surface area (Å²) in [4.78, 5) is 11.1. The topological polar surface area (TPSA) is 29.1 Å². The minimum Gasteiger partial charge on any atom is -0.317 e. The van der Waals surface area contributed by atoms with Crippen LogP contribution in [0, 0.1) is 0 Å². The van der Waals surface area contributed by atoms with E-state index in [4.69, 9.17) is 0 Å². The maximum absolute atomic E-state index is 11.1. The number of hydrogen-bond donors (Lipinski definition) is 1. The monoisotopic (exact) mass is 155 g/mol. The van der Waals surface area contributed by atoms with Crippen LogP contribution in [-0.4, -0.2) is 18.9 Å². The number of Topliss-reactive ketones (excluding diaryl/α,β-unsaturated/α-hetero) is 1. The van der Waals surface area contributed by atoms with E-state index in [1.165, 1.54) is 0 Å². The first kappa shape index (κ1) is 8.72. The molecule has 0 saturated carbocycles. The molecule has 1 rings (SSSR count). The zero-order valence-electron chi connectivity index (χ0n) is 7.07. The van der Waals surface area contributed by atoms with Crippen LogP contribution in [0.15, 0.2) is 0 Å². The molecule has 0 radical (unpaired) electrons. The second kappa shape index (κ2) is 5.30. The van der Waals surface area contributed by atoms with E-state index >= 15 is 0 Å². The van der Waals surface area contributed by atoms with Crippen LogP contribution < -0.4 is 5.32 Å². The van der Waals surface area contributed by atoms with Crippen molar-refractivity contribution in [1.82, 2.24) is 5.32 Å². The molecule has 0 aromatic heterocycles. The summed E-state index contributed by atoms with van der Waals surface area (Å²) in [5.74, 6) is 0.465. The van der Waals surface area contributed by atoms with Crippen molar-refractivity contribution in [3.63, 3.8) is 0 Å². The quantitative estimate of drug-likeness (QED) is 0.574. The molecule has 1 aliphatic heterocycles. The molecule has 0 aromatic carbocycles. The number of hydrogen-bond acceptors (Lipinski definition) is 2. The Morgan fingerprint density at radius 2 is 1.45 bits per heavy atom. The average molecular weight is 155 g/mol. The fraction of sp³-hybridized carbons (Fsp3) is 0.889. The van der Waals surface area contributed by atoms with Gasteiger partial charge in [0.05, 0.1) is 0 Å². The molecule has 2 heteroatoms. The molecule has 0 spiro atoms. The second-order valence-electron chi connectivity index (χ2n) is 3.20. The summed E-state index contributed by atoms with van der Waals surface area (Å²) in [6, 6.07) is 0. The smallest absolute Gasteiger partial charge is 0.132 e. The third-order valence-corrected chi connectivity index (χ3v) is 2.12. The van der Waals surface area contributed by atoms with E-state index in [0.717, 1.165) is 51.6 Å². The van der Waals surface area contributed by atoms with Crippen LogP contribution in [0.3, 0.4) is 0 Å². The molecule has 64 valence electrons. The first-order chi connectivity index (χ1) is 5.39. The minimum atomic E-state index is 0.465. The van der Waals surface area contributed by atoms with E-state index in [9.17, 15) is 4.79 Å². The Kier molecular flexibility index (Phi) is 4.21. The molecule has 1 fully saturated rings. The summed E-state index contributed by atoms with van der Waals surface area (Å²) >= 11 is 0. The van der Waals surface area contributed by atoms with E-state index in [1.54, 1.807) is 0 Å². The molecule has 1 N–H and O–H groups in total. The average Bonchev–Trinajstić information content (AvgIpc) is 2.03. The Bertz CT molecular complexity index is 111. The van der Waals surface area contributed by atoms with E-state index in [-0.39, 0.29) is 0 Å². The molecule has 2 nitrogen and oxygen atoms in total. The zero-order chi connectivity index (χ0) is 7.94. The first-order valence-electron chi connectivity index (χ1n) is 4.62. The number of rotatable bonds is 0. The molecule has 1 aliphatic rings. The van der Waals surface area contributed by atoms with Crippen LogP contribution >= 0.6 is 0 Å². The molecule has 1 saturated heterocycles. The van der Waals surface area contributed by atoms with Gasteiger partial charge in [-0.15, -0.1) is 0 Å². The molecule has 11 heavy (non-hydrogen) atoms. The predicted octanol–water partition coefficient (Wildman–Crippen LogP) is 1.50. The van der Waals surface area contributed by atoms with Gasteiger partial charge in [-0.1, -0.05) is 0 Å². The molecule has 0 aliphatic carbocycles. The highest BCUT2D eigenvalue weighted by molar-refractivity contribution is 5.78. The van der Waals surface area contributed by atoms with E-state index < -0.39 is 0 Å². The molecule has 0 aromatic rings. The van der Waals surface area contributed by atoms with Crippen LogP contribution in [0.1, 0.15) is 38.5 Å². The highest BCUT2D eigenvalue weighted by Crippen LogP contribution is 2.04. The van der Waals surface area contributed by atoms with Crippen molar-refractivity contribution < 1.29 is 4.79 Å². The maximum atomic E-state index is 11.1. The predicted molar refractivity (Wildman–Crippen MR) is 45.6 cm³/mol. The van der Waals surface area contributed by atoms with Gasteiger partial charge in [0.15, 0.2) is 0 Å². The lowest BCUT2D eigenvalue weighted by molar-refractivity contribution is -0.119. The highest BCUT2D eigenvalue weighted by Gasteiger charge is 2.02. The van der Waals surface area contributed by atoms with Crippen LogP contribution in [0.25, 0.3) is 0 Å². The van der Waals surface area contributed by atoms with Gasteiger partial charge in [0.1, 0.15) is 5.78 Å². The number of nitrogens with one attached hydrogen (secondary N) is 1. The SMILES string of the molecule is O=C1CCCCNCCCC1. The summed E-state index contributed by atoms with van der Waals surface area (Å²) < 4.78 is 0. The summed E-state index contributed by atoms with van der Waals surface area (Å²) in [7, 11) is 0. The molecule has 0 bridgehead atoms. The normalized spacial score (nSPS) is 23.1. The highest BCUT2D eigenvalue weighted by atomic mass is 16.1. The Balaban J connectivity index is 2.17. The summed E-state index contributed by atoms with van der Waals surface area (Å²) in [5.41, 5.74) is 0. The van der Waals surface area contributed by atoms with Gasteiger partial charge in [-0.25, -0.2) is 0 Å². The lowest BCUT2D eigenvalue weighted by Gasteiger charge is -2.07. The third-order valence-electron chi connectivity index (χ3n) is 2.12. The van der Waals surface area contributed by atoms with Gasteiger partial charge in [-0.3, -0.25) is 4.79 Å². The molecule has 0 amide bonds. The zero-order valence-corrected chi connectivity index (χ0v) is 7.07. The van der Waals surface area contributed by atoms with Gasteiger partial charge in [0, 0.05) is 12.8 Å². The first-order valence-corrected chi connectivity index (χ1v) is 4.62. The Morgan fingerprint density at radius 1 is 0.909 bits per heavy atom. The largest absolute Gasteiger partial charge is 0.317 e. The Hall–Kier alpha value is -0.370. The lowest BCUT2D eigenvalue weighted by Crippen LogP contribution is -2.18. The summed E-state index contributed by atoms with van der Waals surface area (Å²) in [6.07, 6.45) is 6.08. The van der Waals surface area contributed by atoms with Gasteiger partial charge in [0.2, 0.25) is 0 Å². The number of ketones is 1. The number of carbonyl (C=O) groups is 1. The number of carbonyl (C=O) groups excluding carboxylic acids is 1. The Morgan fingerprint density at radius 3 is 2.00 bits per heavy atom. The summed E-state index contributed by atoms with van der Waals surface area (Å²) in [5, 5.41) is 3.36. The van der Waals surface area contributed by atoms with E-state index in [0.29, 0.717) is 5.78 Å². The Labute approximate surface area is 68.4 Å². The molecular formula is C9H17NO. The van der Waals surface area contributed by atoms with Crippen LogP contribution in [0.4, 0.5) is 0 Å². The lowest BCUT2D eigenvalue weighted by atomic mass is 10.1. The standard InChI is InChI=1S/C9H17NO/c11-9-5-1-3-7-10-8-4-2-6-9/h10H,1-8H2. The van der Waals surface area contributed by atoms with Gasteiger partial charge >= 0.3 is 0 Å². The van der Waals surface area contributed by atoms with Crippen molar-refractivity contribution in [3.05, 3.63) is 0 Å². The van der Waals surface area contributed by atoms with Crippen molar-refractivity contribution in [3.8, 4) is 0 Å². The third kappa shape index (κ3) is 4.14. The van der Waals surface area contributed by atoms with E-state index in [1.807, 2.05) is 0 Å². The van der Waals surface area contributed by atoms with Crippen molar-refractivity contribution in [1.29, 1.82) is 0 Å². The van der Waals surface area contributed by atoms with Gasteiger partial charge in [0.25, 0.3) is 0 Å². The van der Waals surface area contributed by atoms with Crippen molar-refractivity contribution >= 4 is 5.78 Å².